The van der Waals surface area contributed by atoms with E-state index in [0.29, 0.717) is 0 Å². The van der Waals surface area contributed by atoms with Crippen LogP contribution in [0.4, 0.5) is 0 Å². The van der Waals surface area contributed by atoms with E-state index < -0.39 is 0 Å². The normalized spacial score (nSPS) is 12.9. The predicted octanol–water partition coefficient (Wildman–Crippen LogP) is 2.84. The first-order valence-electron chi connectivity index (χ1n) is 6.07. The molecule has 0 spiro atoms. The lowest BCUT2D eigenvalue weighted by atomic mass is 10.1. The van der Waals surface area contributed by atoms with Crippen molar-refractivity contribution < 1.29 is 0 Å². The number of aromatic nitrogens is 2. The Bertz CT molecular complexity index is 430. The van der Waals surface area contributed by atoms with E-state index in [-0.39, 0.29) is 6.04 Å². The molecule has 0 aliphatic rings. The van der Waals surface area contributed by atoms with Gasteiger partial charge in [-0.25, -0.2) is 0 Å². The third-order valence-corrected chi connectivity index (χ3v) is 4.08. The number of hydrogen-bond donors (Lipinski definition) is 1. The Morgan fingerprint density at radius 3 is 2.88 bits per heavy atom. The summed E-state index contributed by atoms with van der Waals surface area (Å²) in [6.07, 6.45) is 2.96. The molecule has 92 valence electrons. The monoisotopic (exact) mass is 249 g/mol. The van der Waals surface area contributed by atoms with Crippen molar-refractivity contribution in [3.8, 4) is 0 Å². The molecular formula is C13H19N3S. The zero-order valence-electron chi connectivity index (χ0n) is 10.6. The van der Waals surface area contributed by atoms with E-state index >= 15 is 0 Å². The van der Waals surface area contributed by atoms with E-state index in [0.717, 1.165) is 13.0 Å². The van der Waals surface area contributed by atoms with Crippen LogP contribution < -0.4 is 5.32 Å². The molecule has 3 nitrogen and oxygen atoms in total. The third-order valence-electron chi connectivity index (χ3n) is 3.06. The fourth-order valence-electron chi connectivity index (χ4n) is 2.16. The van der Waals surface area contributed by atoms with Gasteiger partial charge in [0, 0.05) is 17.6 Å². The van der Waals surface area contributed by atoms with Gasteiger partial charge in [0.25, 0.3) is 0 Å². The van der Waals surface area contributed by atoms with Gasteiger partial charge in [0.05, 0.1) is 11.7 Å². The van der Waals surface area contributed by atoms with Crippen molar-refractivity contribution in [1.29, 1.82) is 0 Å². The van der Waals surface area contributed by atoms with Crippen molar-refractivity contribution >= 4 is 11.3 Å². The third kappa shape index (κ3) is 2.28. The largest absolute Gasteiger partial charge is 0.307 e. The second-order valence-electron chi connectivity index (χ2n) is 3.96. The Hall–Kier alpha value is -1.13. The summed E-state index contributed by atoms with van der Waals surface area (Å²) in [5.74, 6) is 0. The van der Waals surface area contributed by atoms with Crippen LogP contribution in [0, 0.1) is 0 Å². The van der Waals surface area contributed by atoms with Crippen molar-refractivity contribution in [2.24, 2.45) is 0 Å². The lowest BCUT2D eigenvalue weighted by Gasteiger charge is -2.17. The molecule has 1 N–H and O–H groups in total. The first kappa shape index (κ1) is 12.3. The molecule has 0 saturated heterocycles. The first-order valence-corrected chi connectivity index (χ1v) is 6.95. The van der Waals surface area contributed by atoms with Crippen LogP contribution in [-0.4, -0.2) is 16.8 Å². The summed E-state index contributed by atoms with van der Waals surface area (Å²) in [6, 6.07) is 4.58. The number of hydrogen-bond acceptors (Lipinski definition) is 3. The standard InChI is InChI=1S/C13H19N3S/c1-4-10-7-9-17-13(10)12(14-3)11-6-8-15-16(11)5-2/h6-9,12,14H,4-5H2,1-3H3. The second kappa shape index (κ2) is 5.47. The number of aryl methyl sites for hydroxylation is 2. The summed E-state index contributed by atoms with van der Waals surface area (Å²) in [7, 11) is 2.01. The van der Waals surface area contributed by atoms with Gasteiger partial charge < -0.3 is 5.32 Å². The van der Waals surface area contributed by atoms with Gasteiger partial charge in [0.15, 0.2) is 0 Å². The molecule has 4 heteroatoms. The summed E-state index contributed by atoms with van der Waals surface area (Å²) in [6.45, 7) is 5.24. The minimum absolute atomic E-state index is 0.257. The molecule has 0 radical (unpaired) electrons. The average Bonchev–Trinajstić information content (AvgIpc) is 2.98. The Morgan fingerprint density at radius 2 is 2.24 bits per heavy atom. The molecule has 1 unspecified atom stereocenters. The predicted molar refractivity (Wildman–Crippen MR) is 72.5 cm³/mol. The Kier molecular flexibility index (Phi) is 3.97. The quantitative estimate of drug-likeness (QED) is 0.883. The van der Waals surface area contributed by atoms with Gasteiger partial charge in [-0.1, -0.05) is 6.92 Å². The second-order valence-corrected chi connectivity index (χ2v) is 4.90. The Balaban J connectivity index is 2.40. The van der Waals surface area contributed by atoms with Crippen LogP contribution in [0.2, 0.25) is 0 Å². The molecule has 0 fully saturated rings. The highest BCUT2D eigenvalue weighted by molar-refractivity contribution is 7.10. The zero-order valence-corrected chi connectivity index (χ0v) is 11.4. The van der Waals surface area contributed by atoms with Crippen molar-refractivity contribution in [3.63, 3.8) is 0 Å². The van der Waals surface area contributed by atoms with Gasteiger partial charge in [-0.05, 0) is 43.5 Å². The summed E-state index contributed by atoms with van der Waals surface area (Å²) in [4.78, 5) is 1.41. The van der Waals surface area contributed by atoms with Gasteiger partial charge >= 0.3 is 0 Å². The number of thiophene rings is 1. The molecule has 2 aromatic rings. The van der Waals surface area contributed by atoms with E-state index in [1.165, 1.54) is 16.1 Å². The van der Waals surface area contributed by atoms with E-state index in [1.807, 2.05) is 24.6 Å². The van der Waals surface area contributed by atoms with E-state index in [4.69, 9.17) is 0 Å². The molecule has 0 bridgehead atoms. The molecular weight excluding hydrogens is 230 g/mol. The molecule has 0 aromatic carbocycles. The Morgan fingerprint density at radius 1 is 1.41 bits per heavy atom. The van der Waals surface area contributed by atoms with Crippen LogP contribution in [-0.2, 0) is 13.0 Å². The number of nitrogens with zero attached hydrogens (tertiary/aromatic N) is 2. The molecule has 0 amide bonds. The van der Waals surface area contributed by atoms with E-state index in [9.17, 15) is 0 Å². The summed E-state index contributed by atoms with van der Waals surface area (Å²) in [5, 5.41) is 9.93. The van der Waals surface area contributed by atoms with E-state index in [2.05, 4.69) is 46.5 Å². The minimum Gasteiger partial charge on any atom is -0.307 e. The SMILES string of the molecule is CCc1ccsc1C(NC)c1ccnn1CC. The van der Waals surface area contributed by atoms with Crippen LogP contribution in [0.25, 0.3) is 0 Å². The fourth-order valence-corrected chi connectivity index (χ4v) is 3.28. The molecule has 2 heterocycles. The smallest absolute Gasteiger partial charge is 0.0842 e. The number of nitrogens with one attached hydrogen (secondary N) is 1. The van der Waals surface area contributed by atoms with Gasteiger partial charge in [0.1, 0.15) is 0 Å². The molecule has 0 saturated carbocycles. The van der Waals surface area contributed by atoms with Crippen LogP contribution in [0.15, 0.2) is 23.7 Å². The first-order chi connectivity index (χ1) is 8.31. The van der Waals surface area contributed by atoms with Crippen molar-refractivity contribution in [3.05, 3.63) is 39.8 Å². The maximum absolute atomic E-state index is 4.35. The molecule has 2 rings (SSSR count). The molecule has 17 heavy (non-hydrogen) atoms. The summed E-state index contributed by atoms with van der Waals surface area (Å²) >= 11 is 1.82. The molecule has 0 aliphatic heterocycles. The lowest BCUT2D eigenvalue weighted by molar-refractivity contribution is 0.566. The maximum Gasteiger partial charge on any atom is 0.0842 e. The molecule has 2 aromatic heterocycles. The topological polar surface area (TPSA) is 29.9 Å². The van der Waals surface area contributed by atoms with Crippen molar-refractivity contribution in [2.45, 2.75) is 32.9 Å². The average molecular weight is 249 g/mol. The van der Waals surface area contributed by atoms with Crippen LogP contribution in [0.3, 0.4) is 0 Å². The fraction of sp³-hybridized carbons (Fsp3) is 0.462. The highest BCUT2D eigenvalue weighted by Gasteiger charge is 2.19. The summed E-state index contributed by atoms with van der Waals surface area (Å²) < 4.78 is 2.06. The van der Waals surface area contributed by atoms with E-state index in [1.54, 1.807) is 0 Å². The molecule has 1 atom stereocenters. The lowest BCUT2D eigenvalue weighted by Crippen LogP contribution is -2.21. The minimum atomic E-state index is 0.257. The number of rotatable bonds is 5. The van der Waals surface area contributed by atoms with Crippen LogP contribution in [0.1, 0.15) is 36.0 Å². The van der Waals surface area contributed by atoms with Crippen LogP contribution >= 0.6 is 11.3 Å². The van der Waals surface area contributed by atoms with Crippen LogP contribution in [0.5, 0.6) is 0 Å². The highest BCUT2D eigenvalue weighted by atomic mass is 32.1. The Labute approximate surface area is 106 Å². The highest BCUT2D eigenvalue weighted by Crippen LogP contribution is 2.29. The van der Waals surface area contributed by atoms with Gasteiger partial charge in [-0.15, -0.1) is 11.3 Å². The van der Waals surface area contributed by atoms with Crippen molar-refractivity contribution in [2.75, 3.05) is 7.05 Å². The molecule has 0 aliphatic carbocycles. The van der Waals surface area contributed by atoms with Gasteiger partial charge in [-0.3, -0.25) is 4.68 Å². The van der Waals surface area contributed by atoms with Gasteiger partial charge in [-0.2, -0.15) is 5.10 Å². The summed E-state index contributed by atoms with van der Waals surface area (Å²) in [5.41, 5.74) is 2.67. The maximum atomic E-state index is 4.35. The van der Waals surface area contributed by atoms with Crippen molar-refractivity contribution in [1.82, 2.24) is 15.1 Å². The zero-order chi connectivity index (χ0) is 12.3. The van der Waals surface area contributed by atoms with Gasteiger partial charge in [0.2, 0.25) is 0 Å².